The van der Waals surface area contributed by atoms with E-state index in [1.54, 1.807) is 11.3 Å². The van der Waals surface area contributed by atoms with E-state index in [2.05, 4.69) is 28.1 Å². The lowest BCUT2D eigenvalue weighted by Crippen LogP contribution is -2.56. The van der Waals surface area contributed by atoms with Crippen molar-refractivity contribution in [3.05, 3.63) is 16.0 Å². The normalized spacial score (nSPS) is 22.4. The largest absolute Gasteiger partial charge is 0.389 e. The first-order valence-corrected chi connectivity index (χ1v) is 12.9. The molecule has 1 aromatic rings. The third-order valence-electron chi connectivity index (χ3n) is 6.83. The third-order valence-corrected chi connectivity index (χ3v) is 7.92. The Hall–Kier alpha value is -2.15. The summed E-state index contributed by atoms with van der Waals surface area (Å²) in [4.78, 5) is 33.6. The molecule has 3 N–H and O–H groups in total. The number of rotatable bonds is 8. The second-order valence-corrected chi connectivity index (χ2v) is 10.6. The number of carbonyl (C=O) groups is 2. The number of nitrogens with two attached hydrogens (primary N) is 1. The molecule has 0 aromatic carbocycles. The van der Waals surface area contributed by atoms with Crippen LogP contribution in [0.15, 0.2) is 0 Å². The zero-order chi connectivity index (χ0) is 24.1. The molecule has 0 radical (unpaired) electrons. The fourth-order valence-corrected chi connectivity index (χ4v) is 6.46. The number of nitrogens with zero attached hydrogens (tertiary/aromatic N) is 4. The zero-order valence-electron chi connectivity index (χ0n) is 20.4. The molecule has 1 aliphatic heterocycles. The average Bonchev–Trinajstić information content (AvgIpc) is 3.08. The Morgan fingerprint density at radius 3 is 2.67 bits per heavy atom. The molecule has 0 saturated carbocycles. The van der Waals surface area contributed by atoms with E-state index in [9.17, 15) is 14.9 Å². The molecule has 3 atom stereocenters. The summed E-state index contributed by atoms with van der Waals surface area (Å²) in [6.45, 7) is 7.37. The lowest BCUT2D eigenvalue weighted by molar-refractivity contribution is -0.136. The van der Waals surface area contributed by atoms with Gasteiger partial charge in [-0.15, -0.1) is 11.3 Å². The summed E-state index contributed by atoms with van der Waals surface area (Å²) < 4.78 is 0. The van der Waals surface area contributed by atoms with Crippen molar-refractivity contribution in [3.8, 4) is 6.07 Å². The highest BCUT2D eigenvalue weighted by atomic mass is 32.1. The molecule has 9 heteroatoms. The monoisotopic (exact) mass is 474 g/mol. The van der Waals surface area contributed by atoms with Crippen molar-refractivity contribution in [1.82, 2.24) is 20.0 Å². The molecule has 2 aliphatic rings. The van der Waals surface area contributed by atoms with Gasteiger partial charge >= 0.3 is 6.03 Å². The molecule has 1 aliphatic carbocycles. The number of urea groups is 1. The summed E-state index contributed by atoms with van der Waals surface area (Å²) in [6, 6.07) is 2.35. The third kappa shape index (κ3) is 5.68. The maximum Gasteiger partial charge on any atom is 0.324 e. The number of hydrogen-bond donors (Lipinski definition) is 2. The highest BCUT2D eigenvalue weighted by Gasteiger charge is 2.44. The molecule has 0 unspecified atom stereocenters. The highest BCUT2D eigenvalue weighted by molar-refractivity contribution is 7.16. The predicted molar refractivity (Wildman–Crippen MR) is 132 cm³/mol. The van der Waals surface area contributed by atoms with Crippen LogP contribution in [0.4, 0.5) is 9.80 Å². The lowest BCUT2D eigenvalue weighted by atomic mass is 9.73. The van der Waals surface area contributed by atoms with Gasteiger partial charge in [0.1, 0.15) is 11.1 Å². The van der Waals surface area contributed by atoms with Gasteiger partial charge in [-0.25, -0.2) is 4.79 Å². The number of piperidine rings is 1. The van der Waals surface area contributed by atoms with Crippen molar-refractivity contribution in [2.45, 2.75) is 52.0 Å². The molecular formula is C24H38N6O2S. The van der Waals surface area contributed by atoms with Crippen LogP contribution in [-0.4, -0.2) is 79.5 Å². The molecule has 1 saturated heterocycles. The summed E-state index contributed by atoms with van der Waals surface area (Å²) in [7, 11) is 3.98. The number of anilines is 1. The molecule has 3 amide bonds. The van der Waals surface area contributed by atoms with E-state index in [0.29, 0.717) is 36.2 Å². The maximum atomic E-state index is 13.6. The molecule has 0 bridgehead atoms. The molecule has 0 spiro atoms. The standard InChI is InChI=1S/C24H38N6O2S/c1-5-8-29-15-17(23(31)30(24(32)27-6-2)10-7-9-28(3)4)11-16-12-18-19(14-25)22(26)33-21(18)13-20(16)29/h16-17,20H,5-13,15,26H2,1-4H3,(H,27,32)/t16-,17-,20-/m1/s1. The predicted octanol–water partition coefficient (Wildman–Crippen LogP) is 2.53. The Balaban J connectivity index is 1.82. The number of fused-ring (bicyclic) bond motifs is 2. The van der Waals surface area contributed by atoms with E-state index in [1.807, 2.05) is 21.0 Å². The molecule has 2 heterocycles. The summed E-state index contributed by atoms with van der Waals surface area (Å²) in [5.41, 5.74) is 7.84. The van der Waals surface area contributed by atoms with Gasteiger partial charge in [-0.05, 0) is 77.7 Å². The highest BCUT2D eigenvalue weighted by Crippen LogP contribution is 2.43. The van der Waals surface area contributed by atoms with E-state index in [4.69, 9.17) is 5.73 Å². The summed E-state index contributed by atoms with van der Waals surface area (Å²) in [5.74, 6) is -0.0102. The number of hydrogen-bond acceptors (Lipinski definition) is 7. The van der Waals surface area contributed by atoms with Gasteiger partial charge in [-0.1, -0.05) is 6.92 Å². The SMILES string of the molecule is CCCN1C[C@H](C(=O)N(CCCN(C)C)C(=O)NCC)C[C@@H]2Cc3c(sc(N)c3C#N)C[C@H]21. The zero-order valence-corrected chi connectivity index (χ0v) is 21.2. The van der Waals surface area contributed by atoms with Crippen molar-refractivity contribution in [2.24, 2.45) is 11.8 Å². The van der Waals surface area contributed by atoms with E-state index in [1.165, 1.54) is 9.78 Å². The number of carbonyl (C=O) groups excluding carboxylic acids is 2. The Morgan fingerprint density at radius 2 is 2.03 bits per heavy atom. The van der Waals surface area contributed by atoms with Crippen LogP contribution in [0.2, 0.25) is 0 Å². The summed E-state index contributed by atoms with van der Waals surface area (Å²) in [6.07, 6.45) is 4.17. The first-order valence-electron chi connectivity index (χ1n) is 12.1. The maximum absolute atomic E-state index is 13.6. The number of nitrogen functional groups attached to an aromatic ring is 1. The Kier molecular flexibility index (Phi) is 8.74. The molecule has 182 valence electrons. The second-order valence-electron chi connectivity index (χ2n) is 9.50. The number of thiophene rings is 1. The van der Waals surface area contributed by atoms with Crippen molar-refractivity contribution in [3.63, 3.8) is 0 Å². The molecule has 8 nitrogen and oxygen atoms in total. The van der Waals surface area contributed by atoms with Crippen LogP contribution in [-0.2, 0) is 17.6 Å². The van der Waals surface area contributed by atoms with Crippen LogP contribution < -0.4 is 11.1 Å². The van der Waals surface area contributed by atoms with E-state index in [-0.39, 0.29) is 23.8 Å². The Bertz CT molecular complexity index is 892. The number of nitrogens with one attached hydrogen (secondary N) is 1. The Morgan fingerprint density at radius 1 is 1.27 bits per heavy atom. The van der Waals surface area contributed by atoms with Crippen LogP contribution in [0.25, 0.3) is 0 Å². The minimum Gasteiger partial charge on any atom is -0.389 e. The van der Waals surface area contributed by atoms with Crippen molar-refractivity contribution in [1.29, 1.82) is 5.26 Å². The van der Waals surface area contributed by atoms with Crippen LogP contribution >= 0.6 is 11.3 Å². The van der Waals surface area contributed by atoms with Crippen LogP contribution in [0, 0.1) is 23.2 Å². The van der Waals surface area contributed by atoms with Gasteiger partial charge in [-0.2, -0.15) is 5.26 Å². The van der Waals surface area contributed by atoms with Gasteiger partial charge in [0, 0.05) is 30.6 Å². The molecule has 1 fully saturated rings. The van der Waals surface area contributed by atoms with Crippen molar-refractivity contribution in [2.75, 3.05) is 52.6 Å². The van der Waals surface area contributed by atoms with Crippen LogP contribution in [0.5, 0.6) is 0 Å². The fourth-order valence-electron chi connectivity index (χ4n) is 5.36. The smallest absolute Gasteiger partial charge is 0.324 e. The number of imide groups is 1. The summed E-state index contributed by atoms with van der Waals surface area (Å²) in [5, 5.41) is 13.0. The first kappa shape index (κ1) is 25.5. The van der Waals surface area contributed by atoms with Crippen molar-refractivity contribution >= 4 is 28.3 Å². The van der Waals surface area contributed by atoms with Gasteiger partial charge in [-0.3, -0.25) is 14.6 Å². The average molecular weight is 475 g/mol. The van der Waals surface area contributed by atoms with E-state index >= 15 is 0 Å². The molecule has 33 heavy (non-hydrogen) atoms. The van der Waals surface area contributed by atoms with Gasteiger partial charge in [0.15, 0.2) is 0 Å². The van der Waals surface area contributed by atoms with Crippen LogP contribution in [0.3, 0.4) is 0 Å². The lowest BCUT2D eigenvalue weighted by Gasteiger charge is -2.47. The van der Waals surface area contributed by atoms with Crippen LogP contribution in [0.1, 0.15) is 49.1 Å². The molecule has 3 rings (SSSR count). The van der Waals surface area contributed by atoms with E-state index < -0.39 is 0 Å². The molecule has 1 aromatic heterocycles. The number of nitriles is 1. The fraction of sp³-hybridized carbons (Fsp3) is 0.708. The number of amides is 3. The van der Waals surface area contributed by atoms with Crippen molar-refractivity contribution < 1.29 is 9.59 Å². The second kappa shape index (κ2) is 11.3. The quantitative estimate of drug-likeness (QED) is 0.600. The Labute approximate surface area is 201 Å². The number of likely N-dealkylation sites (tertiary alicyclic amines) is 1. The summed E-state index contributed by atoms with van der Waals surface area (Å²) >= 11 is 1.55. The van der Waals surface area contributed by atoms with Gasteiger partial charge in [0.2, 0.25) is 5.91 Å². The minimum atomic E-state index is -0.297. The van der Waals surface area contributed by atoms with Gasteiger partial charge < -0.3 is 16.0 Å². The first-order chi connectivity index (χ1) is 15.8. The van der Waals surface area contributed by atoms with Gasteiger partial charge in [0.25, 0.3) is 0 Å². The van der Waals surface area contributed by atoms with E-state index in [0.717, 1.165) is 50.8 Å². The topological polar surface area (TPSA) is 106 Å². The molecular weight excluding hydrogens is 436 g/mol. The minimum absolute atomic E-state index is 0.0737. The van der Waals surface area contributed by atoms with Gasteiger partial charge in [0.05, 0.1) is 11.5 Å².